The summed E-state index contributed by atoms with van der Waals surface area (Å²) in [5.74, 6) is 0.140. The van der Waals surface area contributed by atoms with Gasteiger partial charge in [-0.2, -0.15) is 0 Å². The van der Waals surface area contributed by atoms with Crippen LogP contribution in [-0.4, -0.2) is 5.78 Å². The predicted molar refractivity (Wildman–Crippen MR) is 79.9 cm³/mol. The largest absolute Gasteiger partial charge is 0.321 e. The van der Waals surface area contributed by atoms with Gasteiger partial charge in [0.15, 0.2) is 5.78 Å². The van der Waals surface area contributed by atoms with Gasteiger partial charge in [-0.25, -0.2) is 0 Å². The highest BCUT2D eigenvalue weighted by atomic mass is 33.1. The maximum atomic E-state index is 11.5. The van der Waals surface area contributed by atoms with E-state index in [9.17, 15) is 4.79 Å². The van der Waals surface area contributed by atoms with Crippen molar-refractivity contribution in [3.63, 3.8) is 0 Å². The van der Waals surface area contributed by atoms with Crippen LogP contribution in [-0.2, 0) is 6.42 Å². The first-order chi connectivity index (χ1) is 8.19. The van der Waals surface area contributed by atoms with E-state index in [1.807, 2.05) is 12.1 Å². The number of benzene rings is 1. The van der Waals surface area contributed by atoms with Crippen LogP contribution < -0.4 is 4.72 Å². The fourth-order valence-electron chi connectivity index (χ4n) is 1.83. The number of carbonyl (C=O) groups excluding carboxylic acids is 1. The Morgan fingerprint density at radius 2 is 2.18 bits per heavy atom. The van der Waals surface area contributed by atoms with Crippen molar-refractivity contribution in [3.8, 4) is 0 Å². The lowest BCUT2D eigenvalue weighted by Gasteiger charge is -2.10. The third kappa shape index (κ3) is 4.64. The highest BCUT2D eigenvalue weighted by Gasteiger charge is 2.07. The Morgan fingerprint density at radius 1 is 1.41 bits per heavy atom. The van der Waals surface area contributed by atoms with Crippen LogP contribution in [0.3, 0.4) is 0 Å². The van der Waals surface area contributed by atoms with Crippen LogP contribution in [0.1, 0.15) is 49.0 Å². The summed E-state index contributed by atoms with van der Waals surface area (Å²) in [4.78, 5) is 11.5. The normalized spacial score (nSPS) is 10.3. The van der Waals surface area contributed by atoms with Gasteiger partial charge in [-0.05, 0) is 43.5 Å². The summed E-state index contributed by atoms with van der Waals surface area (Å²) in [6.07, 6.45) is 4.50. The average molecular weight is 269 g/mol. The molecule has 17 heavy (non-hydrogen) atoms. The van der Waals surface area contributed by atoms with Gasteiger partial charge in [0.1, 0.15) is 0 Å². The number of Topliss-reactive ketones (excluding diaryl/α,β-unsaturated/α-hetero) is 1. The molecule has 0 aromatic heterocycles. The fourth-order valence-corrected chi connectivity index (χ4v) is 2.37. The first-order valence-corrected chi connectivity index (χ1v) is 7.76. The maximum Gasteiger partial charge on any atom is 0.160 e. The van der Waals surface area contributed by atoms with Gasteiger partial charge >= 0.3 is 0 Å². The van der Waals surface area contributed by atoms with E-state index in [1.54, 1.807) is 6.92 Å². The molecular weight excluding hydrogens is 250 g/mol. The van der Waals surface area contributed by atoms with Crippen LogP contribution in [0.2, 0.25) is 0 Å². The number of carbonyl (C=O) groups is 1. The van der Waals surface area contributed by atoms with Crippen molar-refractivity contribution < 1.29 is 4.79 Å². The molecule has 0 radical (unpaired) electrons. The first kappa shape index (κ1) is 14.5. The van der Waals surface area contributed by atoms with Gasteiger partial charge in [-0.1, -0.05) is 31.4 Å². The van der Waals surface area contributed by atoms with Crippen LogP contribution in [0.4, 0.5) is 5.69 Å². The standard InChI is InChI=1S/C13H19NOS2/c1-3-4-5-6-11-9-12(14-17-16)7-8-13(11)10(2)15/h7-9,14,16H,3-6H2,1-2H3. The summed E-state index contributed by atoms with van der Waals surface area (Å²) < 4.78 is 3.07. The molecule has 0 unspecified atom stereocenters. The molecule has 0 bridgehead atoms. The second-order valence-corrected chi connectivity index (χ2v) is 5.01. The quantitative estimate of drug-likeness (QED) is 0.250. The summed E-state index contributed by atoms with van der Waals surface area (Å²) in [5.41, 5.74) is 2.98. The van der Waals surface area contributed by atoms with Crippen LogP contribution in [0.15, 0.2) is 18.2 Å². The molecule has 2 nitrogen and oxygen atoms in total. The molecule has 0 heterocycles. The molecule has 0 aliphatic carbocycles. The molecule has 1 rings (SSSR count). The van der Waals surface area contributed by atoms with Crippen molar-refractivity contribution in [3.05, 3.63) is 29.3 Å². The average Bonchev–Trinajstić information content (AvgIpc) is 2.30. The lowest BCUT2D eigenvalue weighted by Crippen LogP contribution is -2.01. The number of nitrogens with one attached hydrogen (secondary N) is 1. The Balaban J connectivity index is 2.86. The zero-order valence-electron chi connectivity index (χ0n) is 10.3. The molecule has 1 aromatic carbocycles. The molecule has 1 N–H and O–H groups in total. The summed E-state index contributed by atoms with van der Waals surface area (Å²) in [6, 6.07) is 5.87. The molecule has 1 aromatic rings. The molecule has 0 aliphatic rings. The van der Waals surface area contributed by atoms with Crippen molar-refractivity contribution in [1.82, 2.24) is 0 Å². The first-order valence-electron chi connectivity index (χ1n) is 5.89. The minimum Gasteiger partial charge on any atom is -0.321 e. The minimum atomic E-state index is 0.140. The van der Waals surface area contributed by atoms with Crippen molar-refractivity contribution in [2.45, 2.75) is 39.5 Å². The van der Waals surface area contributed by atoms with E-state index in [4.69, 9.17) is 0 Å². The topological polar surface area (TPSA) is 29.1 Å². The van der Waals surface area contributed by atoms with Crippen LogP contribution in [0, 0.1) is 0 Å². The van der Waals surface area contributed by atoms with Gasteiger partial charge in [0.2, 0.25) is 0 Å². The molecule has 0 atom stereocenters. The van der Waals surface area contributed by atoms with Gasteiger partial charge in [0, 0.05) is 22.2 Å². The molecule has 0 fully saturated rings. The summed E-state index contributed by atoms with van der Waals surface area (Å²) >= 11 is 4.06. The summed E-state index contributed by atoms with van der Waals surface area (Å²) in [5, 5.41) is 0. The Morgan fingerprint density at radius 3 is 2.76 bits per heavy atom. The number of anilines is 1. The van der Waals surface area contributed by atoms with Crippen molar-refractivity contribution in [1.29, 1.82) is 0 Å². The Kier molecular flexibility index (Phi) is 6.52. The third-order valence-corrected chi connectivity index (χ3v) is 3.30. The summed E-state index contributed by atoms with van der Waals surface area (Å²) in [7, 11) is 1.27. The highest BCUT2D eigenvalue weighted by Crippen LogP contribution is 2.22. The second kappa shape index (κ2) is 7.67. The van der Waals surface area contributed by atoms with E-state index in [-0.39, 0.29) is 5.78 Å². The second-order valence-electron chi connectivity index (χ2n) is 4.08. The monoisotopic (exact) mass is 269 g/mol. The zero-order chi connectivity index (χ0) is 12.7. The van der Waals surface area contributed by atoms with Crippen LogP contribution in [0.5, 0.6) is 0 Å². The zero-order valence-corrected chi connectivity index (χ0v) is 12.0. The Labute approximate surface area is 113 Å². The van der Waals surface area contributed by atoms with E-state index in [1.165, 1.54) is 23.8 Å². The Bertz CT molecular complexity index is 380. The molecule has 0 saturated heterocycles. The summed E-state index contributed by atoms with van der Waals surface area (Å²) in [6.45, 7) is 3.81. The number of unbranched alkanes of at least 4 members (excludes halogenated alkanes) is 2. The lowest BCUT2D eigenvalue weighted by molar-refractivity contribution is 0.101. The van der Waals surface area contributed by atoms with Gasteiger partial charge in [0.05, 0.1) is 0 Å². The van der Waals surface area contributed by atoms with E-state index < -0.39 is 0 Å². The lowest BCUT2D eigenvalue weighted by atomic mass is 9.98. The SMILES string of the molecule is CCCCCc1cc(NSS)ccc1C(C)=O. The molecule has 0 spiro atoms. The Hall–Kier alpha value is -0.610. The van der Waals surface area contributed by atoms with Crippen molar-refractivity contribution in [2.75, 3.05) is 4.72 Å². The third-order valence-electron chi connectivity index (χ3n) is 2.70. The van der Waals surface area contributed by atoms with Crippen LogP contribution >= 0.6 is 22.6 Å². The molecule has 0 aliphatic heterocycles. The molecule has 94 valence electrons. The van der Waals surface area contributed by atoms with Crippen LogP contribution in [0.25, 0.3) is 0 Å². The van der Waals surface area contributed by atoms with Gasteiger partial charge in [-0.3, -0.25) is 4.79 Å². The van der Waals surface area contributed by atoms with E-state index in [2.05, 4.69) is 29.4 Å². The van der Waals surface area contributed by atoms with Crippen molar-refractivity contribution >= 4 is 34.1 Å². The smallest absolute Gasteiger partial charge is 0.160 e. The molecular formula is C13H19NOS2. The van der Waals surface area contributed by atoms with E-state index >= 15 is 0 Å². The number of aryl methyl sites for hydroxylation is 1. The van der Waals surface area contributed by atoms with Crippen molar-refractivity contribution in [2.24, 2.45) is 0 Å². The van der Waals surface area contributed by atoms with Gasteiger partial charge in [0.25, 0.3) is 0 Å². The number of hydrogen-bond acceptors (Lipinski definition) is 4. The predicted octanol–water partition coefficient (Wildman–Crippen LogP) is 4.53. The molecule has 4 heteroatoms. The fraction of sp³-hybridized carbons (Fsp3) is 0.462. The highest BCUT2D eigenvalue weighted by molar-refractivity contribution is 8.69. The number of hydrogen-bond donors (Lipinski definition) is 2. The van der Waals surface area contributed by atoms with Gasteiger partial charge < -0.3 is 4.72 Å². The van der Waals surface area contributed by atoms with E-state index in [0.717, 1.165) is 29.7 Å². The number of rotatable bonds is 7. The number of ketones is 1. The van der Waals surface area contributed by atoms with Gasteiger partial charge in [-0.15, -0.1) is 0 Å². The van der Waals surface area contributed by atoms with E-state index in [0.29, 0.717) is 0 Å². The molecule has 0 amide bonds. The molecule has 0 saturated carbocycles. The maximum absolute atomic E-state index is 11.5. The minimum absolute atomic E-state index is 0.140. The number of thiol groups is 1.